The second-order valence-corrected chi connectivity index (χ2v) is 3.33. The summed E-state index contributed by atoms with van der Waals surface area (Å²) in [7, 11) is 1.76. The van der Waals surface area contributed by atoms with Crippen molar-refractivity contribution in [1.82, 2.24) is 5.32 Å². The number of methoxy groups -OCH3 is 1. The smallest absolute Gasteiger partial charge is 0.0479 e. The van der Waals surface area contributed by atoms with Gasteiger partial charge in [-0.1, -0.05) is 0 Å². The largest absolute Gasteiger partial charge is 0.385 e. The predicted molar refractivity (Wildman–Crippen MR) is 42.1 cm³/mol. The third-order valence-corrected chi connectivity index (χ3v) is 2.32. The molecule has 1 unspecified atom stereocenters. The Morgan fingerprint density at radius 2 is 2.40 bits per heavy atom. The van der Waals surface area contributed by atoms with Crippen LogP contribution in [0.2, 0.25) is 0 Å². The van der Waals surface area contributed by atoms with E-state index in [9.17, 15) is 0 Å². The lowest BCUT2D eigenvalue weighted by Crippen LogP contribution is -2.37. The predicted octanol–water partition coefficient (Wildman–Crippen LogP) is 1.17. The first-order valence-corrected chi connectivity index (χ1v) is 4.01. The molecule has 0 bridgehead atoms. The normalized spacial score (nSPS) is 33.0. The molecule has 0 aromatic carbocycles. The standard InChI is InChI=1S/C8H17NO/c1-8(5-7-10-2)4-3-6-9-8/h9H,3-7H2,1-2H3. The Bertz CT molecular complexity index is 97.4. The van der Waals surface area contributed by atoms with Gasteiger partial charge in [0.1, 0.15) is 0 Å². The highest BCUT2D eigenvalue weighted by Gasteiger charge is 2.26. The van der Waals surface area contributed by atoms with Crippen LogP contribution >= 0.6 is 0 Å². The van der Waals surface area contributed by atoms with Gasteiger partial charge in [-0.3, -0.25) is 0 Å². The lowest BCUT2D eigenvalue weighted by Gasteiger charge is -2.23. The highest BCUT2D eigenvalue weighted by Crippen LogP contribution is 2.21. The van der Waals surface area contributed by atoms with Crippen molar-refractivity contribution in [2.24, 2.45) is 0 Å². The molecule has 2 nitrogen and oxygen atoms in total. The molecule has 1 N–H and O–H groups in total. The van der Waals surface area contributed by atoms with Gasteiger partial charge in [-0.15, -0.1) is 0 Å². The van der Waals surface area contributed by atoms with Crippen LogP contribution in [0.25, 0.3) is 0 Å². The summed E-state index contributed by atoms with van der Waals surface area (Å²) in [6.45, 7) is 4.34. The number of ether oxygens (including phenoxy) is 1. The molecule has 0 aromatic heterocycles. The van der Waals surface area contributed by atoms with Gasteiger partial charge in [-0.25, -0.2) is 0 Å². The van der Waals surface area contributed by atoms with Crippen LogP contribution in [0, 0.1) is 0 Å². The second kappa shape index (κ2) is 3.35. The maximum absolute atomic E-state index is 5.03. The van der Waals surface area contributed by atoms with Gasteiger partial charge in [0.05, 0.1) is 0 Å². The second-order valence-electron chi connectivity index (χ2n) is 3.33. The van der Waals surface area contributed by atoms with E-state index in [2.05, 4.69) is 12.2 Å². The first kappa shape index (κ1) is 8.02. The van der Waals surface area contributed by atoms with Gasteiger partial charge in [0.25, 0.3) is 0 Å². The summed E-state index contributed by atoms with van der Waals surface area (Å²) in [6, 6.07) is 0. The van der Waals surface area contributed by atoms with E-state index in [4.69, 9.17) is 4.74 Å². The van der Waals surface area contributed by atoms with E-state index in [0.717, 1.165) is 13.0 Å². The Hall–Kier alpha value is -0.0800. The van der Waals surface area contributed by atoms with E-state index >= 15 is 0 Å². The Balaban J connectivity index is 2.22. The maximum atomic E-state index is 5.03. The molecule has 10 heavy (non-hydrogen) atoms. The molecule has 1 aliphatic heterocycles. The van der Waals surface area contributed by atoms with Gasteiger partial charge in [0.2, 0.25) is 0 Å². The first-order chi connectivity index (χ1) is 4.77. The van der Waals surface area contributed by atoms with Crippen LogP contribution in [-0.2, 0) is 4.74 Å². The summed E-state index contributed by atoms with van der Waals surface area (Å²) < 4.78 is 5.03. The summed E-state index contributed by atoms with van der Waals surface area (Å²) in [5.41, 5.74) is 0.371. The number of rotatable bonds is 3. The third-order valence-electron chi connectivity index (χ3n) is 2.32. The van der Waals surface area contributed by atoms with Crippen molar-refractivity contribution < 1.29 is 4.74 Å². The molecule has 0 amide bonds. The van der Waals surface area contributed by atoms with Crippen molar-refractivity contribution in [3.63, 3.8) is 0 Å². The Morgan fingerprint density at radius 1 is 1.60 bits per heavy atom. The Labute approximate surface area is 63.0 Å². The van der Waals surface area contributed by atoms with Crippen molar-refractivity contribution in [1.29, 1.82) is 0 Å². The summed E-state index contributed by atoms with van der Waals surface area (Å²) >= 11 is 0. The fourth-order valence-electron chi connectivity index (χ4n) is 1.50. The highest BCUT2D eigenvalue weighted by molar-refractivity contribution is 4.87. The van der Waals surface area contributed by atoms with Crippen LogP contribution in [0.5, 0.6) is 0 Å². The first-order valence-electron chi connectivity index (χ1n) is 4.01. The van der Waals surface area contributed by atoms with Gasteiger partial charge in [-0.2, -0.15) is 0 Å². The highest BCUT2D eigenvalue weighted by atomic mass is 16.5. The molecule has 1 saturated heterocycles. The quantitative estimate of drug-likeness (QED) is 0.640. The summed E-state index contributed by atoms with van der Waals surface area (Å²) in [5, 5.41) is 3.49. The minimum atomic E-state index is 0.371. The molecule has 1 rings (SSSR count). The molecule has 0 aromatic rings. The number of nitrogens with one attached hydrogen (secondary N) is 1. The van der Waals surface area contributed by atoms with Crippen LogP contribution in [0.4, 0.5) is 0 Å². The average Bonchev–Trinajstić information content (AvgIpc) is 2.33. The number of hydrogen-bond acceptors (Lipinski definition) is 2. The summed E-state index contributed by atoms with van der Waals surface area (Å²) in [5.74, 6) is 0. The molecule has 0 saturated carbocycles. The van der Waals surface area contributed by atoms with E-state index < -0.39 is 0 Å². The van der Waals surface area contributed by atoms with Crippen molar-refractivity contribution in [3.05, 3.63) is 0 Å². The molecule has 1 aliphatic rings. The third kappa shape index (κ3) is 1.96. The average molecular weight is 143 g/mol. The van der Waals surface area contributed by atoms with E-state index in [1.54, 1.807) is 7.11 Å². The molecular formula is C8H17NO. The minimum absolute atomic E-state index is 0.371. The van der Waals surface area contributed by atoms with E-state index in [0.29, 0.717) is 5.54 Å². The fourth-order valence-corrected chi connectivity index (χ4v) is 1.50. The fraction of sp³-hybridized carbons (Fsp3) is 1.00. The van der Waals surface area contributed by atoms with Crippen LogP contribution in [0.15, 0.2) is 0 Å². The van der Waals surface area contributed by atoms with Gasteiger partial charge in [-0.05, 0) is 32.7 Å². The molecule has 2 heteroatoms. The summed E-state index contributed by atoms with van der Waals surface area (Å²) in [4.78, 5) is 0. The van der Waals surface area contributed by atoms with E-state index in [1.807, 2.05) is 0 Å². The molecule has 1 fully saturated rings. The van der Waals surface area contributed by atoms with Crippen molar-refractivity contribution >= 4 is 0 Å². The number of hydrogen-bond donors (Lipinski definition) is 1. The summed E-state index contributed by atoms with van der Waals surface area (Å²) in [6.07, 6.45) is 3.76. The topological polar surface area (TPSA) is 21.3 Å². The van der Waals surface area contributed by atoms with Crippen LogP contribution in [0.1, 0.15) is 26.2 Å². The van der Waals surface area contributed by atoms with Crippen LogP contribution in [-0.4, -0.2) is 25.8 Å². The van der Waals surface area contributed by atoms with Crippen LogP contribution < -0.4 is 5.32 Å². The van der Waals surface area contributed by atoms with Gasteiger partial charge in [0, 0.05) is 19.3 Å². The molecule has 60 valence electrons. The minimum Gasteiger partial charge on any atom is -0.385 e. The van der Waals surface area contributed by atoms with E-state index in [-0.39, 0.29) is 0 Å². The van der Waals surface area contributed by atoms with Gasteiger partial charge >= 0.3 is 0 Å². The lowest BCUT2D eigenvalue weighted by atomic mass is 9.97. The van der Waals surface area contributed by atoms with Crippen molar-refractivity contribution in [2.45, 2.75) is 31.7 Å². The molecule has 1 atom stereocenters. The Morgan fingerprint density at radius 3 is 2.90 bits per heavy atom. The van der Waals surface area contributed by atoms with Crippen molar-refractivity contribution in [3.8, 4) is 0 Å². The van der Waals surface area contributed by atoms with Gasteiger partial charge in [0.15, 0.2) is 0 Å². The van der Waals surface area contributed by atoms with Crippen molar-refractivity contribution in [2.75, 3.05) is 20.3 Å². The monoisotopic (exact) mass is 143 g/mol. The van der Waals surface area contributed by atoms with Crippen LogP contribution in [0.3, 0.4) is 0 Å². The van der Waals surface area contributed by atoms with Gasteiger partial charge < -0.3 is 10.1 Å². The van der Waals surface area contributed by atoms with E-state index in [1.165, 1.54) is 19.4 Å². The zero-order valence-corrected chi connectivity index (χ0v) is 6.94. The molecule has 1 heterocycles. The lowest BCUT2D eigenvalue weighted by molar-refractivity contribution is 0.166. The molecule has 0 radical (unpaired) electrons. The molecular weight excluding hydrogens is 126 g/mol. The Kier molecular flexibility index (Phi) is 2.69. The SMILES string of the molecule is COCCC1(C)CCCN1. The maximum Gasteiger partial charge on any atom is 0.0479 e. The zero-order valence-electron chi connectivity index (χ0n) is 6.94. The molecule has 0 aliphatic carbocycles. The zero-order chi connectivity index (χ0) is 7.45. The molecule has 0 spiro atoms.